The Kier molecular flexibility index (Phi) is 5.50. The number of nitrogens with one attached hydrogen (secondary N) is 2. The molecular formula is C16H15F3N2O2S. The van der Waals surface area contributed by atoms with Gasteiger partial charge >= 0.3 is 6.18 Å². The molecule has 0 amide bonds. The highest BCUT2D eigenvalue weighted by molar-refractivity contribution is 7.80. The Hall–Kier alpha value is -2.48. The van der Waals surface area contributed by atoms with E-state index in [2.05, 4.69) is 10.6 Å². The van der Waals surface area contributed by atoms with Crippen LogP contribution in [0.2, 0.25) is 0 Å². The summed E-state index contributed by atoms with van der Waals surface area (Å²) in [5.41, 5.74) is -0.362. The maximum Gasteiger partial charge on any atom is 0.418 e. The van der Waals surface area contributed by atoms with Crippen LogP contribution in [0, 0.1) is 0 Å². The van der Waals surface area contributed by atoms with E-state index in [0.29, 0.717) is 17.2 Å². The van der Waals surface area contributed by atoms with Crippen molar-refractivity contribution in [3.63, 3.8) is 0 Å². The van der Waals surface area contributed by atoms with E-state index in [4.69, 9.17) is 21.7 Å². The van der Waals surface area contributed by atoms with E-state index in [1.165, 1.54) is 32.4 Å². The fourth-order valence-corrected chi connectivity index (χ4v) is 2.27. The maximum atomic E-state index is 13.0. The second-order valence-corrected chi connectivity index (χ2v) is 5.10. The van der Waals surface area contributed by atoms with Crippen LogP contribution in [0.1, 0.15) is 5.56 Å². The highest BCUT2D eigenvalue weighted by Gasteiger charge is 2.33. The first-order valence-corrected chi connectivity index (χ1v) is 7.22. The Balaban J connectivity index is 2.15. The smallest absolute Gasteiger partial charge is 0.418 e. The molecule has 0 saturated carbocycles. The van der Waals surface area contributed by atoms with Crippen LogP contribution in [0.25, 0.3) is 0 Å². The van der Waals surface area contributed by atoms with Crippen LogP contribution in [0.15, 0.2) is 42.5 Å². The van der Waals surface area contributed by atoms with Gasteiger partial charge in [-0.05, 0) is 36.5 Å². The van der Waals surface area contributed by atoms with Crippen LogP contribution >= 0.6 is 12.2 Å². The van der Waals surface area contributed by atoms with Gasteiger partial charge in [0.2, 0.25) is 0 Å². The highest BCUT2D eigenvalue weighted by Crippen LogP contribution is 2.35. The number of alkyl halides is 3. The average molecular weight is 356 g/mol. The fourth-order valence-electron chi connectivity index (χ4n) is 2.04. The van der Waals surface area contributed by atoms with Crippen molar-refractivity contribution in [2.45, 2.75) is 6.18 Å². The minimum atomic E-state index is -4.47. The molecule has 128 valence electrons. The predicted molar refractivity (Wildman–Crippen MR) is 90.8 cm³/mol. The summed E-state index contributed by atoms with van der Waals surface area (Å²) in [6.45, 7) is 0. The number of anilines is 2. The first-order valence-electron chi connectivity index (χ1n) is 6.81. The van der Waals surface area contributed by atoms with E-state index < -0.39 is 11.7 Å². The first kappa shape index (κ1) is 17.9. The summed E-state index contributed by atoms with van der Waals surface area (Å²) in [4.78, 5) is 0. The van der Waals surface area contributed by atoms with E-state index in [-0.39, 0.29) is 10.8 Å². The first-order chi connectivity index (χ1) is 11.3. The quantitative estimate of drug-likeness (QED) is 0.788. The Morgan fingerprint density at radius 3 is 2.25 bits per heavy atom. The molecule has 0 aromatic heterocycles. The summed E-state index contributed by atoms with van der Waals surface area (Å²) in [5, 5.41) is 5.40. The van der Waals surface area contributed by atoms with Crippen molar-refractivity contribution < 1.29 is 22.6 Å². The summed E-state index contributed by atoms with van der Waals surface area (Å²) in [6, 6.07) is 10.1. The molecule has 0 radical (unpaired) electrons. The standard InChI is InChI=1S/C16H15F3N2O2S/c1-22-13-8-7-10(9-14(13)23-2)20-15(24)21-12-6-4-3-5-11(12)16(17,18)19/h3-9H,1-2H3,(H2,20,21,24). The third-order valence-corrected chi connectivity index (χ3v) is 3.33. The summed E-state index contributed by atoms with van der Waals surface area (Å²) >= 11 is 5.08. The average Bonchev–Trinajstić information content (AvgIpc) is 2.54. The minimum Gasteiger partial charge on any atom is -0.493 e. The number of halogens is 3. The molecule has 2 rings (SSSR count). The number of hydrogen-bond donors (Lipinski definition) is 2. The molecule has 2 N–H and O–H groups in total. The molecule has 0 saturated heterocycles. The Labute approximate surface area is 142 Å². The summed E-state index contributed by atoms with van der Waals surface area (Å²) < 4.78 is 49.2. The molecule has 0 fully saturated rings. The molecule has 0 aliphatic rings. The lowest BCUT2D eigenvalue weighted by Gasteiger charge is -2.16. The molecule has 4 nitrogen and oxygen atoms in total. The Bertz CT molecular complexity index is 736. The SMILES string of the molecule is COc1ccc(NC(=S)Nc2ccccc2C(F)(F)F)cc1OC. The van der Waals surface area contributed by atoms with Gasteiger partial charge in [-0.3, -0.25) is 0 Å². The lowest BCUT2D eigenvalue weighted by atomic mass is 10.1. The molecule has 2 aromatic carbocycles. The third-order valence-electron chi connectivity index (χ3n) is 3.12. The van der Waals surface area contributed by atoms with Gasteiger partial charge in [-0.1, -0.05) is 12.1 Å². The van der Waals surface area contributed by atoms with E-state index in [9.17, 15) is 13.2 Å². The number of benzene rings is 2. The van der Waals surface area contributed by atoms with Gasteiger partial charge in [-0.2, -0.15) is 13.2 Å². The van der Waals surface area contributed by atoms with Crippen molar-refractivity contribution in [2.75, 3.05) is 24.9 Å². The van der Waals surface area contributed by atoms with Gasteiger partial charge in [0.25, 0.3) is 0 Å². The number of thiocarbonyl (C=S) groups is 1. The van der Waals surface area contributed by atoms with Crippen LogP contribution in [0.4, 0.5) is 24.5 Å². The number of methoxy groups -OCH3 is 2. The number of rotatable bonds is 4. The molecule has 0 aliphatic heterocycles. The van der Waals surface area contributed by atoms with Crippen LogP contribution in [-0.4, -0.2) is 19.3 Å². The van der Waals surface area contributed by atoms with Crippen molar-refractivity contribution in [2.24, 2.45) is 0 Å². The zero-order valence-corrected chi connectivity index (χ0v) is 13.7. The topological polar surface area (TPSA) is 42.5 Å². The van der Waals surface area contributed by atoms with Crippen LogP contribution in [0.3, 0.4) is 0 Å². The monoisotopic (exact) mass is 356 g/mol. The van der Waals surface area contributed by atoms with Gasteiger partial charge in [0.15, 0.2) is 16.6 Å². The van der Waals surface area contributed by atoms with Crippen LogP contribution in [0.5, 0.6) is 11.5 Å². The fraction of sp³-hybridized carbons (Fsp3) is 0.188. The van der Waals surface area contributed by atoms with Crippen molar-refractivity contribution in [1.29, 1.82) is 0 Å². The molecule has 8 heteroatoms. The molecule has 0 heterocycles. The normalized spacial score (nSPS) is 10.9. The van der Waals surface area contributed by atoms with Gasteiger partial charge < -0.3 is 20.1 Å². The minimum absolute atomic E-state index is 0.0268. The maximum absolute atomic E-state index is 13.0. The zero-order valence-electron chi connectivity index (χ0n) is 12.9. The summed E-state index contributed by atoms with van der Waals surface area (Å²) in [6.07, 6.45) is -4.47. The zero-order chi connectivity index (χ0) is 17.7. The van der Waals surface area contributed by atoms with Gasteiger partial charge in [0.05, 0.1) is 25.5 Å². The van der Waals surface area contributed by atoms with Gasteiger partial charge in [-0.15, -0.1) is 0 Å². The molecule has 0 aliphatic carbocycles. The largest absolute Gasteiger partial charge is 0.493 e. The number of ether oxygens (including phenoxy) is 2. The van der Waals surface area contributed by atoms with Gasteiger partial charge in [0, 0.05) is 11.8 Å². The molecule has 0 atom stereocenters. The molecule has 0 spiro atoms. The van der Waals surface area contributed by atoms with E-state index in [1.54, 1.807) is 18.2 Å². The lowest BCUT2D eigenvalue weighted by Crippen LogP contribution is -2.21. The molecule has 0 bridgehead atoms. The molecule has 2 aromatic rings. The second-order valence-electron chi connectivity index (χ2n) is 4.69. The summed E-state index contributed by atoms with van der Waals surface area (Å²) in [7, 11) is 2.99. The van der Waals surface area contributed by atoms with Crippen molar-refractivity contribution in [1.82, 2.24) is 0 Å². The molecular weight excluding hydrogens is 341 g/mol. The van der Waals surface area contributed by atoms with Gasteiger partial charge in [-0.25, -0.2) is 0 Å². The van der Waals surface area contributed by atoms with Crippen LogP contribution < -0.4 is 20.1 Å². The molecule has 24 heavy (non-hydrogen) atoms. The Morgan fingerprint density at radius 2 is 1.62 bits per heavy atom. The summed E-state index contributed by atoms with van der Waals surface area (Å²) in [5.74, 6) is 1.00. The lowest BCUT2D eigenvalue weighted by molar-refractivity contribution is -0.136. The third kappa shape index (κ3) is 4.29. The molecule has 0 unspecified atom stereocenters. The van der Waals surface area contributed by atoms with Crippen molar-refractivity contribution in [3.05, 3.63) is 48.0 Å². The van der Waals surface area contributed by atoms with E-state index in [1.807, 2.05) is 0 Å². The number of para-hydroxylation sites is 1. The van der Waals surface area contributed by atoms with Gasteiger partial charge in [0.1, 0.15) is 0 Å². The Morgan fingerprint density at radius 1 is 0.958 bits per heavy atom. The second kappa shape index (κ2) is 7.39. The van der Waals surface area contributed by atoms with E-state index in [0.717, 1.165) is 6.07 Å². The number of hydrogen-bond acceptors (Lipinski definition) is 3. The van der Waals surface area contributed by atoms with Crippen LogP contribution in [-0.2, 0) is 6.18 Å². The van der Waals surface area contributed by atoms with Crippen molar-refractivity contribution >= 4 is 28.7 Å². The van der Waals surface area contributed by atoms with E-state index >= 15 is 0 Å². The van der Waals surface area contributed by atoms with Crippen molar-refractivity contribution in [3.8, 4) is 11.5 Å². The highest BCUT2D eigenvalue weighted by atomic mass is 32.1. The predicted octanol–water partition coefficient (Wildman–Crippen LogP) is 4.53.